The number of rotatable bonds is 2. The molecule has 0 unspecified atom stereocenters. The molecule has 0 N–H and O–H groups in total. The van der Waals surface area contributed by atoms with Gasteiger partial charge in [0.05, 0.1) is 0 Å². The Bertz CT molecular complexity index is 3020. The smallest absolute Gasteiger partial charge is 0.106 e. The van der Waals surface area contributed by atoms with E-state index >= 15 is 0 Å². The lowest BCUT2D eigenvalue weighted by molar-refractivity contribution is -0.977. The van der Waals surface area contributed by atoms with Gasteiger partial charge in [0.15, 0.2) is 0 Å². The lowest BCUT2D eigenvalue weighted by Crippen LogP contribution is -3.00. The third-order valence-corrected chi connectivity index (χ3v) is 13.0. The van der Waals surface area contributed by atoms with Gasteiger partial charge in [-0.3, -0.25) is 0 Å². The summed E-state index contributed by atoms with van der Waals surface area (Å²) in [5.74, 6) is 0. The zero-order valence-electron chi connectivity index (χ0n) is 32.1. The average Bonchev–Trinajstić information content (AvgIpc) is 3.51. The zero-order valence-corrected chi connectivity index (χ0v) is 33.7. The van der Waals surface area contributed by atoms with Crippen molar-refractivity contribution in [2.45, 2.75) is 26.2 Å². The van der Waals surface area contributed by atoms with Crippen LogP contribution < -0.4 is 17.0 Å². The van der Waals surface area contributed by atoms with Crippen LogP contribution in [-0.4, -0.2) is 4.48 Å². The fraction of sp³-hybridized carbons (Fsp3) is 0.0714. The van der Waals surface area contributed by atoms with Crippen molar-refractivity contribution in [2.75, 3.05) is 0 Å². The highest BCUT2D eigenvalue weighted by Gasteiger charge is 2.41. The quantitative estimate of drug-likeness (QED) is 0.153. The number of fused-ring (bicyclic) bond motifs is 14. The molecule has 0 fully saturated rings. The van der Waals surface area contributed by atoms with Crippen LogP contribution in [0.25, 0.3) is 87.6 Å². The Labute approximate surface area is 349 Å². The molecule has 1 spiro atoms. The van der Waals surface area contributed by atoms with E-state index in [9.17, 15) is 0 Å². The molecule has 12 rings (SSSR count). The van der Waals surface area contributed by atoms with Crippen LogP contribution in [-0.2, 0) is 26.2 Å². The minimum absolute atomic E-state index is 0. The highest BCUT2D eigenvalue weighted by atomic mass is 79.9. The maximum absolute atomic E-state index is 2.48. The number of halogens is 1. The Hall–Kier alpha value is -6.32. The predicted octanol–water partition coefficient (Wildman–Crippen LogP) is 11.5. The first-order chi connectivity index (χ1) is 28.2. The van der Waals surface area contributed by atoms with E-state index in [0.717, 1.165) is 30.7 Å². The SMILES string of the molecule is [Br-].c1ccc(-c2cc3ccccc3c3c2C[N+]2(Cc4ccc5ccccc5c4-c4c(ccc5ccccc45)C2)Cc2c(-c4ccccc4)cc4ccccc4c2-3)cc1. The monoisotopic (exact) mass is 805 g/mol. The molecule has 0 radical (unpaired) electrons. The molecule has 2 heteroatoms. The first-order valence-corrected chi connectivity index (χ1v) is 20.3. The van der Waals surface area contributed by atoms with Crippen molar-refractivity contribution < 1.29 is 21.5 Å². The van der Waals surface area contributed by atoms with Gasteiger partial charge in [-0.15, -0.1) is 0 Å². The van der Waals surface area contributed by atoms with Crippen molar-refractivity contribution in [3.05, 3.63) is 216 Å². The van der Waals surface area contributed by atoms with Gasteiger partial charge in [0, 0.05) is 33.4 Å². The highest BCUT2D eigenvalue weighted by molar-refractivity contribution is 6.12. The molecule has 0 amide bonds. The molecule has 0 aromatic heterocycles. The van der Waals surface area contributed by atoms with Crippen LogP contribution in [0.15, 0.2) is 194 Å². The second-order valence-electron chi connectivity index (χ2n) is 16.3. The molecular formula is C56H40BrN. The van der Waals surface area contributed by atoms with Gasteiger partial charge in [-0.05, 0) is 88.6 Å². The van der Waals surface area contributed by atoms with E-state index in [4.69, 9.17) is 0 Å². The molecule has 0 saturated carbocycles. The normalized spacial score (nSPS) is 13.9. The van der Waals surface area contributed by atoms with Crippen molar-refractivity contribution in [1.29, 1.82) is 0 Å². The molecule has 2 aliphatic heterocycles. The molecular weight excluding hydrogens is 767 g/mol. The number of hydrogen-bond donors (Lipinski definition) is 0. The number of nitrogens with zero attached hydrogens (tertiary/aromatic N) is 1. The Morgan fingerprint density at radius 1 is 0.293 bits per heavy atom. The van der Waals surface area contributed by atoms with Crippen LogP contribution in [0, 0.1) is 0 Å². The molecule has 2 heterocycles. The fourth-order valence-corrected chi connectivity index (χ4v) is 10.6. The topological polar surface area (TPSA) is 0 Å². The molecule has 10 aromatic carbocycles. The van der Waals surface area contributed by atoms with Crippen molar-refractivity contribution in [1.82, 2.24) is 0 Å². The molecule has 1 nitrogen and oxygen atoms in total. The summed E-state index contributed by atoms with van der Waals surface area (Å²) in [6.45, 7) is 3.65. The number of hydrogen-bond acceptors (Lipinski definition) is 0. The van der Waals surface area contributed by atoms with Crippen molar-refractivity contribution >= 4 is 43.1 Å². The number of quaternary nitrogens is 1. The molecule has 276 valence electrons. The Kier molecular flexibility index (Phi) is 8.22. The molecule has 58 heavy (non-hydrogen) atoms. The second-order valence-corrected chi connectivity index (χ2v) is 16.3. The largest absolute Gasteiger partial charge is 1.00 e. The van der Waals surface area contributed by atoms with E-state index < -0.39 is 0 Å². The lowest BCUT2D eigenvalue weighted by Gasteiger charge is -2.39. The van der Waals surface area contributed by atoms with E-state index in [0.29, 0.717) is 0 Å². The molecule has 0 bridgehead atoms. The summed E-state index contributed by atoms with van der Waals surface area (Å²) in [6.07, 6.45) is 0. The van der Waals surface area contributed by atoms with Gasteiger partial charge in [0.1, 0.15) is 26.2 Å². The van der Waals surface area contributed by atoms with E-state index in [1.54, 1.807) is 0 Å². The summed E-state index contributed by atoms with van der Waals surface area (Å²) in [5, 5.41) is 10.5. The average molecular weight is 807 g/mol. The maximum Gasteiger partial charge on any atom is 0.106 e. The van der Waals surface area contributed by atoms with Gasteiger partial charge in [0.25, 0.3) is 0 Å². The van der Waals surface area contributed by atoms with Gasteiger partial charge in [0.2, 0.25) is 0 Å². The van der Waals surface area contributed by atoms with Crippen LogP contribution in [0.4, 0.5) is 0 Å². The van der Waals surface area contributed by atoms with Gasteiger partial charge < -0.3 is 21.5 Å². The number of benzene rings is 10. The maximum atomic E-state index is 2.48. The minimum Gasteiger partial charge on any atom is -1.00 e. The Morgan fingerprint density at radius 3 is 1.05 bits per heavy atom. The summed E-state index contributed by atoms with van der Waals surface area (Å²) in [5.41, 5.74) is 16.6. The third-order valence-electron chi connectivity index (χ3n) is 13.0. The van der Waals surface area contributed by atoms with Crippen LogP contribution in [0.2, 0.25) is 0 Å². The Balaban J connectivity index is 0.00000385. The molecule has 0 atom stereocenters. The summed E-state index contributed by atoms with van der Waals surface area (Å²) < 4.78 is 0.882. The molecule has 2 aliphatic rings. The van der Waals surface area contributed by atoms with Gasteiger partial charge >= 0.3 is 0 Å². The summed E-state index contributed by atoms with van der Waals surface area (Å²) in [6, 6.07) is 73.2. The van der Waals surface area contributed by atoms with Crippen molar-refractivity contribution in [2.24, 2.45) is 0 Å². The van der Waals surface area contributed by atoms with E-state index in [-0.39, 0.29) is 17.0 Å². The van der Waals surface area contributed by atoms with Gasteiger partial charge in [-0.25, -0.2) is 0 Å². The summed E-state index contributed by atoms with van der Waals surface area (Å²) in [7, 11) is 0. The molecule has 0 aliphatic carbocycles. The fourth-order valence-electron chi connectivity index (χ4n) is 10.6. The zero-order chi connectivity index (χ0) is 37.5. The highest BCUT2D eigenvalue weighted by Crippen LogP contribution is 2.53. The Morgan fingerprint density at radius 2 is 0.638 bits per heavy atom. The van der Waals surface area contributed by atoms with E-state index in [1.807, 2.05) is 0 Å². The van der Waals surface area contributed by atoms with Crippen LogP contribution in [0.3, 0.4) is 0 Å². The van der Waals surface area contributed by atoms with Crippen LogP contribution in [0.5, 0.6) is 0 Å². The standard InChI is InChI=1S/C56H40N.BrH/c1-3-15-37(16-4-1)49-31-41-21-9-13-25-47(41)55-51(49)35-57(36-52-50(38-17-5-2-6-18-38)32-42-22-10-14-26-48(42)56(52)55)33-43-29-27-39-19-7-11-23-45(39)53(43)54-44(34-57)30-28-40-20-8-12-24-46(40)54;/h1-32H,33-36H2;1H/q+1;/p-1. The predicted molar refractivity (Wildman–Crippen MR) is 240 cm³/mol. The first-order valence-electron chi connectivity index (χ1n) is 20.3. The third kappa shape index (κ3) is 5.40. The second kappa shape index (κ2) is 13.7. The van der Waals surface area contributed by atoms with Crippen molar-refractivity contribution in [3.8, 4) is 44.5 Å². The van der Waals surface area contributed by atoms with Crippen LogP contribution in [0.1, 0.15) is 22.3 Å². The summed E-state index contributed by atoms with van der Waals surface area (Å²) >= 11 is 0. The lowest BCUT2D eigenvalue weighted by atomic mass is 9.82. The van der Waals surface area contributed by atoms with Gasteiger partial charge in [-0.2, -0.15) is 0 Å². The van der Waals surface area contributed by atoms with Gasteiger partial charge in [-0.1, -0.05) is 182 Å². The van der Waals surface area contributed by atoms with Crippen LogP contribution >= 0.6 is 0 Å². The van der Waals surface area contributed by atoms with E-state index in [2.05, 4.69) is 194 Å². The molecule has 10 aromatic rings. The molecule has 0 saturated heterocycles. The minimum atomic E-state index is 0. The van der Waals surface area contributed by atoms with Crippen molar-refractivity contribution in [3.63, 3.8) is 0 Å². The van der Waals surface area contributed by atoms with E-state index in [1.165, 1.54) is 110 Å². The summed E-state index contributed by atoms with van der Waals surface area (Å²) in [4.78, 5) is 0. The first kappa shape index (κ1) is 34.9.